The fourth-order valence-corrected chi connectivity index (χ4v) is 2.91. The van der Waals surface area contributed by atoms with Gasteiger partial charge in [0.15, 0.2) is 0 Å². The molecule has 1 heteroatoms. The molecule has 0 fully saturated rings. The Kier molecular flexibility index (Phi) is 17.0. The molecule has 0 rings (SSSR count). The summed E-state index contributed by atoms with van der Waals surface area (Å²) in [5.41, 5.74) is 0. The van der Waals surface area contributed by atoms with Crippen molar-refractivity contribution in [1.29, 1.82) is 0 Å². The van der Waals surface area contributed by atoms with E-state index in [1.807, 2.05) is 0 Å². The molecule has 0 amide bonds. The second kappa shape index (κ2) is 17.0. The molecule has 0 saturated heterocycles. The molecule has 0 spiro atoms. The van der Waals surface area contributed by atoms with Gasteiger partial charge in [-0.05, 0) is 18.8 Å². The molecule has 0 aliphatic carbocycles. The first-order valence-corrected chi connectivity index (χ1v) is 9.39. The molecule has 1 atom stereocenters. The van der Waals surface area contributed by atoms with Crippen molar-refractivity contribution < 1.29 is 5.11 Å². The molecule has 0 aromatic rings. The van der Waals surface area contributed by atoms with Crippen molar-refractivity contribution in [1.82, 2.24) is 0 Å². The van der Waals surface area contributed by atoms with E-state index in [1.165, 1.54) is 83.5 Å². The van der Waals surface area contributed by atoms with Gasteiger partial charge in [-0.3, -0.25) is 0 Å². The number of unbranched alkanes of at least 4 members (excludes halogenated alkanes) is 11. The van der Waals surface area contributed by atoms with Gasteiger partial charge in [-0.25, -0.2) is 5.11 Å². The molecule has 0 N–H and O–H groups in total. The first kappa shape index (κ1) is 20.0. The lowest BCUT2D eigenvalue weighted by Crippen LogP contribution is -1.96. The average molecular weight is 284 g/mol. The third-order valence-corrected chi connectivity index (χ3v) is 4.39. The van der Waals surface area contributed by atoms with Crippen LogP contribution in [0.2, 0.25) is 0 Å². The van der Waals surface area contributed by atoms with E-state index in [4.69, 9.17) is 0 Å². The van der Waals surface area contributed by atoms with Gasteiger partial charge >= 0.3 is 0 Å². The van der Waals surface area contributed by atoms with Crippen LogP contribution in [0.4, 0.5) is 0 Å². The first-order valence-electron chi connectivity index (χ1n) is 9.39. The molecule has 0 heterocycles. The Bertz CT molecular complexity index is 167. The first-order chi connectivity index (χ1) is 9.81. The minimum atomic E-state index is 0.114. The van der Waals surface area contributed by atoms with Gasteiger partial charge in [0.05, 0.1) is 6.61 Å². The second-order valence-corrected chi connectivity index (χ2v) is 6.63. The highest BCUT2D eigenvalue weighted by molar-refractivity contribution is 4.54. The molecule has 0 saturated carbocycles. The average Bonchev–Trinajstić information content (AvgIpc) is 2.46. The van der Waals surface area contributed by atoms with Crippen LogP contribution in [-0.2, 0) is 5.11 Å². The fourth-order valence-electron chi connectivity index (χ4n) is 2.91. The van der Waals surface area contributed by atoms with Gasteiger partial charge in [0.2, 0.25) is 0 Å². The summed E-state index contributed by atoms with van der Waals surface area (Å²) in [6.07, 6.45) is 20.5. The highest BCUT2D eigenvalue weighted by Crippen LogP contribution is 2.16. The molecule has 0 aliphatic rings. The molecule has 0 aromatic heterocycles. The van der Waals surface area contributed by atoms with Gasteiger partial charge in [0.25, 0.3) is 0 Å². The van der Waals surface area contributed by atoms with Gasteiger partial charge in [-0.2, -0.15) is 0 Å². The Balaban J connectivity index is 3.02. The van der Waals surface area contributed by atoms with E-state index in [0.29, 0.717) is 0 Å². The Hall–Kier alpha value is -0.0400. The molecule has 121 valence electrons. The van der Waals surface area contributed by atoms with Gasteiger partial charge < -0.3 is 0 Å². The molecular weight excluding hydrogens is 244 g/mol. The SMILES string of the molecule is CCCCCCCCCCCCCCC(C)CCC[O]. The predicted octanol–water partition coefficient (Wildman–Crippen LogP) is 6.92. The molecule has 1 nitrogen and oxygen atoms in total. The highest BCUT2D eigenvalue weighted by Gasteiger charge is 2.01. The molecule has 0 aromatic carbocycles. The maximum absolute atomic E-state index is 10.4. The molecule has 1 radical (unpaired) electrons. The van der Waals surface area contributed by atoms with Crippen LogP contribution in [0.3, 0.4) is 0 Å². The van der Waals surface area contributed by atoms with Crippen LogP contribution in [0.5, 0.6) is 0 Å². The predicted molar refractivity (Wildman–Crippen MR) is 89.6 cm³/mol. The Morgan fingerprint density at radius 3 is 1.45 bits per heavy atom. The Labute approximate surface area is 128 Å². The van der Waals surface area contributed by atoms with E-state index in [0.717, 1.165) is 18.8 Å². The fraction of sp³-hybridized carbons (Fsp3) is 1.00. The van der Waals surface area contributed by atoms with E-state index < -0.39 is 0 Å². The van der Waals surface area contributed by atoms with E-state index in [2.05, 4.69) is 13.8 Å². The van der Waals surface area contributed by atoms with E-state index in [-0.39, 0.29) is 6.61 Å². The van der Waals surface area contributed by atoms with Gasteiger partial charge in [0, 0.05) is 0 Å². The summed E-state index contributed by atoms with van der Waals surface area (Å²) in [6, 6.07) is 0. The van der Waals surface area contributed by atoms with Crippen molar-refractivity contribution in [3.8, 4) is 0 Å². The summed E-state index contributed by atoms with van der Waals surface area (Å²) in [7, 11) is 0. The summed E-state index contributed by atoms with van der Waals surface area (Å²) in [5.74, 6) is 0.770. The third kappa shape index (κ3) is 16.0. The van der Waals surface area contributed by atoms with Crippen LogP contribution in [-0.4, -0.2) is 6.61 Å². The van der Waals surface area contributed by atoms with E-state index in [9.17, 15) is 5.11 Å². The number of hydrogen-bond acceptors (Lipinski definition) is 0. The second-order valence-electron chi connectivity index (χ2n) is 6.63. The van der Waals surface area contributed by atoms with Crippen molar-refractivity contribution in [2.45, 2.75) is 110 Å². The zero-order valence-corrected chi connectivity index (χ0v) is 14.3. The molecule has 0 aliphatic heterocycles. The maximum atomic E-state index is 10.4. The van der Waals surface area contributed by atoms with Crippen molar-refractivity contribution in [2.75, 3.05) is 6.61 Å². The summed E-state index contributed by atoms with van der Waals surface area (Å²) in [4.78, 5) is 0. The van der Waals surface area contributed by atoms with Crippen molar-refractivity contribution in [3.05, 3.63) is 0 Å². The van der Waals surface area contributed by atoms with Crippen LogP contribution in [0.1, 0.15) is 110 Å². The standard InChI is InChI=1S/C19H39O/c1-3-4-5-6-7-8-9-10-11-12-13-14-16-19(2)17-15-18-20/h19H,3-18H2,1-2H3. The van der Waals surface area contributed by atoms with Crippen LogP contribution in [0.15, 0.2) is 0 Å². The highest BCUT2D eigenvalue weighted by atomic mass is 16.2. The van der Waals surface area contributed by atoms with Crippen molar-refractivity contribution in [3.63, 3.8) is 0 Å². The molecule has 0 bridgehead atoms. The quantitative estimate of drug-likeness (QED) is 0.274. The van der Waals surface area contributed by atoms with Gasteiger partial charge in [-0.1, -0.05) is 97.3 Å². The summed E-state index contributed by atoms with van der Waals surface area (Å²) in [5, 5.41) is 10.4. The summed E-state index contributed by atoms with van der Waals surface area (Å²) >= 11 is 0. The largest absolute Gasteiger partial charge is 0.237 e. The topological polar surface area (TPSA) is 19.9 Å². The Morgan fingerprint density at radius 1 is 0.600 bits per heavy atom. The van der Waals surface area contributed by atoms with Crippen molar-refractivity contribution in [2.24, 2.45) is 5.92 Å². The lowest BCUT2D eigenvalue weighted by Gasteiger charge is -2.09. The van der Waals surface area contributed by atoms with Crippen LogP contribution < -0.4 is 0 Å². The minimum Gasteiger partial charge on any atom is -0.237 e. The molecular formula is C19H39O. The van der Waals surface area contributed by atoms with E-state index >= 15 is 0 Å². The molecule has 1 unspecified atom stereocenters. The van der Waals surface area contributed by atoms with Crippen LogP contribution in [0.25, 0.3) is 0 Å². The van der Waals surface area contributed by atoms with Gasteiger partial charge in [-0.15, -0.1) is 0 Å². The van der Waals surface area contributed by atoms with Crippen molar-refractivity contribution >= 4 is 0 Å². The normalized spacial score (nSPS) is 12.8. The van der Waals surface area contributed by atoms with Gasteiger partial charge in [0.1, 0.15) is 0 Å². The third-order valence-electron chi connectivity index (χ3n) is 4.39. The lowest BCUT2D eigenvalue weighted by molar-refractivity contribution is 0.180. The Morgan fingerprint density at radius 2 is 1.00 bits per heavy atom. The summed E-state index contributed by atoms with van der Waals surface area (Å²) < 4.78 is 0. The zero-order valence-electron chi connectivity index (χ0n) is 14.3. The summed E-state index contributed by atoms with van der Waals surface area (Å²) in [6.45, 7) is 4.70. The lowest BCUT2D eigenvalue weighted by atomic mass is 9.97. The number of hydrogen-bond donors (Lipinski definition) is 0. The zero-order chi connectivity index (χ0) is 14.9. The van der Waals surface area contributed by atoms with Crippen LogP contribution >= 0.6 is 0 Å². The van der Waals surface area contributed by atoms with E-state index in [1.54, 1.807) is 0 Å². The minimum absolute atomic E-state index is 0.114. The van der Waals surface area contributed by atoms with Crippen LogP contribution in [0, 0.1) is 5.92 Å². The number of rotatable bonds is 16. The molecule has 20 heavy (non-hydrogen) atoms. The maximum Gasteiger partial charge on any atom is 0.0822 e. The smallest absolute Gasteiger partial charge is 0.0822 e. The monoisotopic (exact) mass is 283 g/mol.